The van der Waals surface area contributed by atoms with Crippen LogP contribution in [-0.4, -0.2) is 28.6 Å². The van der Waals surface area contributed by atoms with Crippen molar-refractivity contribution in [3.05, 3.63) is 12.2 Å². The first-order chi connectivity index (χ1) is 5.07. The van der Waals surface area contributed by atoms with Crippen molar-refractivity contribution in [3.63, 3.8) is 0 Å². The molecule has 0 saturated carbocycles. The van der Waals surface area contributed by atoms with Gasteiger partial charge in [-0.2, -0.15) is 0 Å². The van der Waals surface area contributed by atoms with Gasteiger partial charge in [0, 0.05) is 19.3 Å². The Morgan fingerprint density at radius 2 is 2.09 bits per heavy atom. The van der Waals surface area contributed by atoms with Crippen LogP contribution < -0.4 is 0 Å². The summed E-state index contributed by atoms with van der Waals surface area (Å²) in [6.07, 6.45) is 4.19. The highest BCUT2D eigenvalue weighted by molar-refractivity contribution is 8.23. The average molecular weight is 189 g/mol. The second-order valence-electron chi connectivity index (χ2n) is 2.51. The van der Waals surface area contributed by atoms with E-state index in [9.17, 15) is 0 Å². The third-order valence-electron chi connectivity index (χ3n) is 1.12. The third kappa shape index (κ3) is 5.27. The third-order valence-corrected chi connectivity index (χ3v) is 2.86. The summed E-state index contributed by atoms with van der Waals surface area (Å²) in [4.78, 5) is 1.96. The highest BCUT2D eigenvalue weighted by Gasteiger charge is 2.03. The van der Waals surface area contributed by atoms with Gasteiger partial charge in [0.25, 0.3) is 0 Å². The number of thiocarbonyl (C=S) groups is 1. The van der Waals surface area contributed by atoms with E-state index in [1.54, 1.807) is 11.8 Å². The number of thioether (sulfide) groups is 1. The van der Waals surface area contributed by atoms with Crippen molar-refractivity contribution in [1.29, 1.82) is 0 Å². The maximum atomic E-state index is 5.12. The van der Waals surface area contributed by atoms with Gasteiger partial charge in [-0.25, -0.2) is 0 Å². The van der Waals surface area contributed by atoms with Crippen molar-refractivity contribution in [2.24, 2.45) is 0 Å². The van der Waals surface area contributed by atoms with Gasteiger partial charge in [0.1, 0.15) is 4.32 Å². The summed E-state index contributed by atoms with van der Waals surface area (Å²) in [5.74, 6) is 0. The number of allylic oxidation sites excluding steroid dienone is 1. The Kier molecular flexibility index (Phi) is 5.60. The molecule has 11 heavy (non-hydrogen) atoms. The van der Waals surface area contributed by atoms with Crippen LogP contribution in [0.4, 0.5) is 0 Å². The van der Waals surface area contributed by atoms with Gasteiger partial charge in [-0.15, -0.1) is 0 Å². The van der Waals surface area contributed by atoms with Gasteiger partial charge in [0.05, 0.1) is 0 Å². The molecule has 0 rings (SSSR count). The summed E-state index contributed by atoms with van der Waals surface area (Å²) in [6.45, 7) is 4.16. The van der Waals surface area contributed by atoms with E-state index in [1.165, 1.54) is 0 Å². The van der Waals surface area contributed by atoms with E-state index < -0.39 is 0 Å². The summed E-state index contributed by atoms with van der Waals surface area (Å²) >= 11 is 6.83. The van der Waals surface area contributed by atoms with Crippen molar-refractivity contribution in [2.75, 3.05) is 14.1 Å². The molecule has 0 saturated heterocycles. The molecule has 0 aliphatic heterocycles. The molecule has 0 bridgehead atoms. The zero-order chi connectivity index (χ0) is 8.85. The van der Waals surface area contributed by atoms with E-state index in [0.717, 1.165) is 4.32 Å². The van der Waals surface area contributed by atoms with Crippen LogP contribution in [0.5, 0.6) is 0 Å². The first kappa shape index (κ1) is 11.0. The van der Waals surface area contributed by atoms with Crippen LogP contribution in [-0.2, 0) is 0 Å². The second kappa shape index (κ2) is 5.61. The lowest BCUT2D eigenvalue weighted by molar-refractivity contribution is 0.648. The fraction of sp³-hybridized carbons (Fsp3) is 0.625. The lowest BCUT2D eigenvalue weighted by Crippen LogP contribution is -2.17. The predicted octanol–water partition coefficient (Wildman–Crippen LogP) is 2.53. The summed E-state index contributed by atoms with van der Waals surface area (Å²) in [5.41, 5.74) is 0. The maximum absolute atomic E-state index is 5.12. The largest absolute Gasteiger partial charge is 0.364 e. The van der Waals surface area contributed by atoms with Gasteiger partial charge < -0.3 is 4.90 Å². The number of hydrogen-bond donors (Lipinski definition) is 0. The molecule has 0 aromatic rings. The Morgan fingerprint density at radius 1 is 1.55 bits per heavy atom. The van der Waals surface area contributed by atoms with Gasteiger partial charge in [-0.1, -0.05) is 36.1 Å². The van der Waals surface area contributed by atoms with Crippen molar-refractivity contribution in [3.8, 4) is 0 Å². The van der Waals surface area contributed by atoms with Gasteiger partial charge >= 0.3 is 0 Å². The quantitative estimate of drug-likeness (QED) is 0.485. The fourth-order valence-electron chi connectivity index (χ4n) is 0.575. The Balaban J connectivity index is 3.75. The molecule has 1 nitrogen and oxygen atoms in total. The van der Waals surface area contributed by atoms with Crippen molar-refractivity contribution >= 4 is 28.3 Å². The highest BCUT2D eigenvalue weighted by atomic mass is 32.2. The maximum Gasteiger partial charge on any atom is 0.136 e. The minimum absolute atomic E-state index is 0.481. The van der Waals surface area contributed by atoms with Crippen molar-refractivity contribution < 1.29 is 0 Å². The molecule has 0 N–H and O–H groups in total. The van der Waals surface area contributed by atoms with Crippen LogP contribution in [0.1, 0.15) is 13.8 Å². The molecule has 1 atom stereocenters. The minimum atomic E-state index is 0.481. The standard InChI is InChI=1S/C8H15NS2/c1-5-6-7(2)11-8(10)9(3)4/h5-7H,1-4H3/b6-5+. The normalized spacial score (nSPS) is 13.5. The fourth-order valence-corrected chi connectivity index (χ4v) is 1.79. The van der Waals surface area contributed by atoms with E-state index in [0.29, 0.717) is 5.25 Å². The summed E-state index contributed by atoms with van der Waals surface area (Å²) < 4.78 is 0.940. The molecule has 0 aliphatic rings. The topological polar surface area (TPSA) is 3.24 Å². The monoisotopic (exact) mass is 189 g/mol. The summed E-state index contributed by atoms with van der Waals surface area (Å²) in [5, 5.41) is 0.481. The van der Waals surface area contributed by atoms with E-state index in [-0.39, 0.29) is 0 Å². The Bertz CT molecular complexity index is 152. The van der Waals surface area contributed by atoms with Crippen LogP contribution >= 0.6 is 24.0 Å². The molecule has 64 valence electrons. The van der Waals surface area contributed by atoms with Gasteiger partial charge in [0.15, 0.2) is 0 Å². The van der Waals surface area contributed by atoms with Crippen LogP contribution in [0.15, 0.2) is 12.2 Å². The molecule has 0 aromatic carbocycles. The molecule has 0 aliphatic carbocycles. The predicted molar refractivity (Wildman–Crippen MR) is 58.2 cm³/mol. The molecule has 0 aromatic heterocycles. The summed E-state index contributed by atoms with van der Waals surface area (Å²) in [6, 6.07) is 0. The smallest absolute Gasteiger partial charge is 0.136 e. The highest BCUT2D eigenvalue weighted by Crippen LogP contribution is 2.15. The molecule has 0 heterocycles. The Labute approximate surface area is 78.8 Å². The lowest BCUT2D eigenvalue weighted by atomic mass is 10.4. The molecule has 0 fully saturated rings. The minimum Gasteiger partial charge on any atom is -0.364 e. The van der Waals surface area contributed by atoms with Crippen LogP contribution in [0.25, 0.3) is 0 Å². The Hall–Kier alpha value is -0.0200. The van der Waals surface area contributed by atoms with Gasteiger partial charge in [-0.05, 0) is 13.8 Å². The van der Waals surface area contributed by atoms with Gasteiger partial charge in [0.2, 0.25) is 0 Å². The molecule has 0 radical (unpaired) electrons. The van der Waals surface area contributed by atoms with E-state index in [2.05, 4.69) is 19.1 Å². The number of rotatable bonds is 2. The summed E-state index contributed by atoms with van der Waals surface area (Å²) in [7, 11) is 3.94. The zero-order valence-corrected chi connectivity index (χ0v) is 9.13. The van der Waals surface area contributed by atoms with Crippen molar-refractivity contribution in [1.82, 2.24) is 4.90 Å². The second-order valence-corrected chi connectivity index (χ2v) is 4.52. The van der Waals surface area contributed by atoms with Crippen molar-refractivity contribution in [2.45, 2.75) is 19.1 Å². The molecular formula is C8H15NS2. The zero-order valence-electron chi connectivity index (χ0n) is 7.50. The molecule has 0 amide bonds. The van der Waals surface area contributed by atoms with E-state index in [1.807, 2.05) is 25.9 Å². The molecular weight excluding hydrogens is 174 g/mol. The molecule has 3 heteroatoms. The van der Waals surface area contributed by atoms with Crippen LogP contribution in [0, 0.1) is 0 Å². The van der Waals surface area contributed by atoms with Crippen LogP contribution in [0.2, 0.25) is 0 Å². The first-order valence-corrected chi connectivity index (χ1v) is 4.87. The first-order valence-electron chi connectivity index (χ1n) is 3.58. The Morgan fingerprint density at radius 3 is 2.45 bits per heavy atom. The molecule has 1 unspecified atom stereocenters. The number of hydrogen-bond acceptors (Lipinski definition) is 2. The molecule has 0 spiro atoms. The average Bonchev–Trinajstić information content (AvgIpc) is 1.87. The number of nitrogens with zero attached hydrogens (tertiary/aromatic N) is 1. The van der Waals surface area contributed by atoms with E-state index >= 15 is 0 Å². The van der Waals surface area contributed by atoms with Crippen LogP contribution in [0.3, 0.4) is 0 Å². The lowest BCUT2D eigenvalue weighted by Gasteiger charge is -2.14. The SMILES string of the molecule is C/C=C/C(C)SC(=S)N(C)C. The van der Waals surface area contributed by atoms with E-state index in [4.69, 9.17) is 12.2 Å². The van der Waals surface area contributed by atoms with Gasteiger partial charge in [-0.3, -0.25) is 0 Å².